The Kier molecular flexibility index (Phi) is 3.43. The Morgan fingerprint density at radius 1 is 0.875 bits per heavy atom. The molecule has 3 aromatic rings. The molecule has 0 unspecified atom stereocenters. The average Bonchev–Trinajstić information content (AvgIpc) is 3.15. The molecule has 0 atom stereocenters. The minimum atomic E-state index is -0.216. The fourth-order valence-corrected chi connectivity index (χ4v) is 2.88. The lowest BCUT2D eigenvalue weighted by Crippen LogP contribution is -2.00. The number of benzene rings is 2. The molecular formula is C20H14N2O2. The van der Waals surface area contributed by atoms with Gasteiger partial charge in [-0.1, -0.05) is 54.6 Å². The van der Waals surface area contributed by atoms with Crippen LogP contribution in [0.25, 0.3) is 6.08 Å². The van der Waals surface area contributed by atoms with E-state index in [2.05, 4.69) is 5.10 Å². The van der Waals surface area contributed by atoms with Gasteiger partial charge in [-0.25, -0.2) is 0 Å². The Hall–Kier alpha value is -3.27. The standard InChI is InChI=1S/C20H14N2O2/c23-19-16-8-4-5-9-17(16)20(24)18(19)10-15-11-21-22(13-15)12-14-6-2-1-3-7-14/h1-11,13H,12H2. The van der Waals surface area contributed by atoms with E-state index >= 15 is 0 Å². The molecule has 116 valence electrons. The molecule has 0 saturated carbocycles. The first kappa shape index (κ1) is 14.3. The van der Waals surface area contributed by atoms with E-state index in [0.717, 1.165) is 11.1 Å². The Labute approximate surface area is 139 Å². The van der Waals surface area contributed by atoms with Crippen LogP contribution in [0, 0.1) is 0 Å². The molecule has 0 saturated heterocycles. The first-order chi connectivity index (χ1) is 11.7. The second-order valence-electron chi connectivity index (χ2n) is 5.72. The zero-order chi connectivity index (χ0) is 16.5. The summed E-state index contributed by atoms with van der Waals surface area (Å²) in [6.45, 7) is 0.645. The van der Waals surface area contributed by atoms with E-state index in [1.807, 2.05) is 36.5 Å². The van der Waals surface area contributed by atoms with Crippen molar-refractivity contribution in [3.05, 3.63) is 94.8 Å². The van der Waals surface area contributed by atoms with Gasteiger partial charge in [0.05, 0.1) is 18.3 Å². The number of nitrogens with zero attached hydrogens (tertiary/aromatic N) is 2. The summed E-state index contributed by atoms with van der Waals surface area (Å²) in [6, 6.07) is 16.9. The number of hydrogen-bond donors (Lipinski definition) is 0. The number of ketones is 2. The fraction of sp³-hybridized carbons (Fsp3) is 0.0500. The topological polar surface area (TPSA) is 52.0 Å². The highest BCUT2D eigenvalue weighted by Gasteiger charge is 2.32. The first-order valence-electron chi connectivity index (χ1n) is 7.69. The van der Waals surface area contributed by atoms with E-state index in [4.69, 9.17) is 0 Å². The highest BCUT2D eigenvalue weighted by molar-refractivity contribution is 6.41. The van der Waals surface area contributed by atoms with Gasteiger partial charge in [-0.05, 0) is 11.6 Å². The largest absolute Gasteiger partial charge is 0.288 e. The number of Topliss-reactive ketones (excluding diaryl/α,β-unsaturated/α-hetero) is 2. The van der Waals surface area contributed by atoms with E-state index in [1.165, 1.54) is 0 Å². The van der Waals surface area contributed by atoms with Crippen LogP contribution < -0.4 is 0 Å². The SMILES string of the molecule is O=C1C(=Cc2cnn(Cc3ccccc3)c2)C(=O)c2ccccc21. The summed E-state index contributed by atoms with van der Waals surface area (Å²) in [4.78, 5) is 24.8. The van der Waals surface area contributed by atoms with Crippen LogP contribution in [0.5, 0.6) is 0 Å². The van der Waals surface area contributed by atoms with Gasteiger partial charge >= 0.3 is 0 Å². The van der Waals surface area contributed by atoms with Crippen molar-refractivity contribution >= 4 is 17.6 Å². The summed E-state index contributed by atoms with van der Waals surface area (Å²) in [6.07, 6.45) is 5.13. The van der Waals surface area contributed by atoms with E-state index < -0.39 is 0 Å². The molecule has 4 rings (SSSR count). The number of carbonyl (C=O) groups is 2. The van der Waals surface area contributed by atoms with Crippen molar-refractivity contribution in [3.8, 4) is 0 Å². The van der Waals surface area contributed by atoms with Crippen LogP contribution in [-0.4, -0.2) is 21.3 Å². The summed E-state index contributed by atoms with van der Waals surface area (Å²) < 4.78 is 1.79. The lowest BCUT2D eigenvalue weighted by molar-refractivity contribution is 0.0990. The minimum absolute atomic E-state index is 0.204. The second-order valence-corrected chi connectivity index (χ2v) is 5.72. The first-order valence-corrected chi connectivity index (χ1v) is 7.69. The van der Waals surface area contributed by atoms with Crippen molar-refractivity contribution in [1.82, 2.24) is 9.78 Å². The molecule has 0 bridgehead atoms. The van der Waals surface area contributed by atoms with Crippen LogP contribution >= 0.6 is 0 Å². The van der Waals surface area contributed by atoms with Gasteiger partial charge in [0.25, 0.3) is 0 Å². The van der Waals surface area contributed by atoms with Crippen LogP contribution in [0.2, 0.25) is 0 Å². The van der Waals surface area contributed by atoms with Gasteiger partial charge in [0, 0.05) is 22.9 Å². The van der Waals surface area contributed by atoms with Crippen LogP contribution in [0.15, 0.2) is 72.6 Å². The van der Waals surface area contributed by atoms with Gasteiger partial charge in [-0.2, -0.15) is 5.10 Å². The minimum Gasteiger partial charge on any atom is -0.288 e. The molecule has 4 nitrogen and oxygen atoms in total. The van der Waals surface area contributed by atoms with Gasteiger partial charge in [0.2, 0.25) is 0 Å². The molecular weight excluding hydrogens is 300 g/mol. The number of rotatable bonds is 3. The van der Waals surface area contributed by atoms with E-state index in [1.54, 1.807) is 41.2 Å². The van der Waals surface area contributed by atoms with Gasteiger partial charge < -0.3 is 0 Å². The van der Waals surface area contributed by atoms with Gasteiger partial charge in [-0.3, -0.25) is 14.3 Å². The van der Waals surface area contributed by atoms with Gasteiger partial charge in [-0.15, -0.1) is 0 Å². The van der Waals surface area contributed by atoms with Crippen LogP contribution in [0.1, 0.15) is 31.8 Å². The molecule has 0 spiro atoms. The predicted molar refractivity (Wildman–Crippen MR) is 90.9 cm³/mol. The smallest absolute Gasteiger partial charge is 0.197 e. The Bertz CT molecular complexity index is 931. The number of aromatic nitrogens is 2. The second kappa shape index (κ2) is 5.74. The van der Waals surface area contributed by atoms with Crippen LogP contribution in [0.4, 0.5) is 0 Å². The lowest BCUT2D eigenvalue weighted by Gasteiger charge is -2.00. The number of carbonyl (C=O) groups excluding carboxylic acids is 2. The molecule has 4 heteroatoms. The highest BCUT2D eigenvalue weighted by Crippen LogP contribution is 2.27. The van der Waals surface area contributed by atoms with Gasteiger partial charge in [0.15, 0.2) is 11.6 Å². The molecule has 0 aliphatic heterocycles. The quantitative estimate of drug-likeness (QED) is 0.550. The molecule has 1 aliphatic rings. The third-order valence-electron chi connectivity index (χ3n) is 4.06. The van der Waals surface area contributed by atoms with Gasteiger partial charge in [0.1, 0.15) is 0 Å². The zero-order valence-corrected chi connectivity index (χ0v) is 12.8. The summed E-state index contributed by atoms with van der Waals surface area (Å²) in [5, 5.41) is 4.30. The monoisotopic (exact) mass is 314 g/mol. The molecule has 1 aromatic heterocycles. The van der Waals surface area contributed by atoms with E-state index in [9.17, 15) is 9.59 Å². The van der Waals surface area contributed by atoms with Crippen LogP contribution in [0.3, 0.4) is 0 Å². The fourth-order valence-electron chi connectivity index (χ4n) is 2.88. The number of hydrogen-bond acceptors (Lipinski definition) is 3. The molecule has 1 heterocycles. The van der Waals surface area contributed by atoms with Crippen molar-refractivity contribution in [3.63, 3.8) is 0 Å². The normalized spacial score (nSPS) is 13.2. The summed E-state index contributed by atoms with van der Waals surface area (Å²) in [5.74, 6) is -0.433. The molecule has 24 heavy (non-hydrogen) atoms. The summed E-state index contributed by atoms with van der Waals surface area (Å²) in [7, 11) is 0. The molecule has 2 aromatic carbocycles. The van der Waals surface area contributed by atoms with Crippen molar-refractivity contribution in [2.45, 2.75) is 6.54 Å². The number of allylic oxidation sites excluding steroid dienone is 1. The molecule has 1 aliphatic carbocycles. The molecule has 0 radical (unpaired) electrons. The zero-order valence-electron chi connectivity index (χ0n) is 12.8. The maximum Gasteiger partial charge on any atom is 0.197 e. The van der Waals surface area contributed by atoms with E-state index in [0.29, 0.717) is 17.7 Å². The molecule has 0 amide bonds. The maximum atomic E-state index is 12.4. The third-order valence-corrected chi connectivity index (χ3v) is 4.06. The van der Waals surface area contributed by atoms with Crippen molar-refractivity contribution < 1.29 is 9.59 Å². The Balaban J connectivity index is 1.61. The van der Waals surface area contributed by atoms with Crippen molar-refractivity contribution in [2.24, 2.45) is 0 Å². The molecule has 0 N–H and O–H groups in total. The van der Waals surface area contributed by atoms with E-state index in [-0.39, 0.29) is 17.1 Å². The van der Waals surface area contributed by atoms with Crippen molar-refractivity contribution in [2.75, 3.05) is 0 Å². The molecule has 0 fully saturated rings. The summed E-state index contributed by atoms with van der Waals surface area (Å²) in [5.41, 5.74) is 3.04. The third kappa shape index (κ3) is 2.48. The maximum absolute atomic E-state index is 12.4. The number of fused-ring (bicyclic) bond motifs is 1. The highest BCUT2D eigenvalue weighted by atomic mass is 16.2. The summed E-state index contributed by atoms with van der Waals surface area (Å²) >= 11 is 0. The predicted octanol–water partition coefficient (Wildman–Crippen LogP) is 3.39. The van der Waals surface area contributed by atoms with Crippen LogP contribution in [-0.2, 0) is 6.54 Å². The lowest BCUT2D eigenvalue weighted by atomic mass is 10.1. The Morgan fingerprint density at radius 2 is 1.50 bits per heavy atom. The average molecular weight is 314 g/mol. The Morgan fingerprint density at radius 3 is 2.17 bits per heavy atom. The van der Waals surface area contributed by atoms with Crippen molar-refractivity contribution in [1.29, 1.82) is 0 Å².